The van der Waals surface area contributed by atoms with Crippen molar-refractivity contribution in [1.29, 1.82) is 5.26 Å². The van der Waals surface area contributed by atoms with E-state index >= 15 is 0 Å². The van der Waals surface area contributed by atoms with E-state index in [1.54, 1.807) is 6.07 Å². The zero-order valence-corrected chi connectivity index (χ0v) is 11.7. The van der Waals surface area contributed by atoms with Gasteiger partial charge in [0.25, 0.3) is 0 Å². The number of aryl methyl sites for hydroxylation is 1. The Bertz CT molecular complexity index is 690. The van der Waals surface area contributed by atoms with E-state index in [4.69, 9.17) is 10.00 Å². The molecule has 0 heterocycles. The van der Waals surface area contributed by atoms with Crippen LogP contribution >= 0.6 is 0 Å². The van der Waals surface area contributed by atoms with Crippen LogP contribution in [0, 0.1) is 17.1 Å². The number of benzene rings is 2. The molecule has 2 aromatic rings. The molecule has 2 nitrogen and oxygen atoms in total. The molecule has 0 saturated heterocycles. The van der Waals surface area contributed by atoms with E-state index in [1.165, 1.54) is 23.3 Å². The summed E-state index contributed by atoms with van der Waals surface area (Å²) in [4.78, 5) is 0. The second-order valence-electron chi connectivity index (χ2n) is 5.35. The summed E-state index contributed by atoms with van der Waals surface area (Å²) >= 11 is 0. The molecule has 0 fully saturated rings. The van der Waals surface area contributed by atoms with E-state index in [0.29, 0.717) is 18.3 Å². The average Bonchev–Trinajstić information content (AvgIpc) is 2.53. The third kappa shape index (κ3) is 2.90. The van der Waals surface area contributed by atoms with E-state index < -0.39 is 5.82 Å². The van der Waals surface area contributed by atoms with Gasteiger partial charge in [-0.15, -0.1) is 0 Å². The Morgan fingerprint density at radius 3 is 2.90 bits per heavy atom. The largest absolute Gasteiger partial charge is 0.493 e. The molecule has 0 bridgehead atoms. The van der Waals surface area contributed by atoms with Crippen molar-refractivity contribution in [1.82, 2.24) is 0 Å². The molecule has 2 aromatic carbocycles. The minimum atomic E-state index is -0.529. The Morgan fingerprint density at radius 1 is 1.24 bits per heavy atom. The molecule has 0 saturated carbocycles. The van der Waals surface area contributed by atoms with Crippen molar-refractivity contribution in [3.8, 4) is 11.8 Å². The van der Waals surface area contributed by atoms with Gasteiger partial charge in [0, 0.05) is 12.0 Å². The van der Waals surface area contributed by atoms with Gasteiger partial charge in [-0.3, -0.25) is 0 Å². The van der Waals surface area contributed by atoms with Crippen molar-refractivity contribution < 1.29 is 9.13 Å². The van der Waals surface area contributed by atoms with Gasteiger partial charge in [-0.25, -0.2) is 4.39 Å². The van der Waals surface area contributed by atoms with Gasteiger partial charge >= 0.3 is 0 Å². The van der Waals surface area contributed by atoms with Gasteiger partial charge in [-0.05, 0) is 42.5 Å². The lowest BCUT2D eigenvalue weighted by molar-refractivity contribution is 0.273. The second-order valence-corrected chi connectivity index (χ2v) is 5.35. The number of ether oxygens (including phenoxy) is 1. The van der Waals surface area contributed by atoms with Gasteiger partial charge in [0.05, 0.1) is 12.2 Å². The van der Waals surface area contributed by atoms with Crippen molar-refractivity contribution in [2.75, 3.05) is 6.61 Å². The molecule has 0 aromatic heterocycles. The van der Waals surface area contributed by atoms with Crippen molar-refractivity contribution in [3.63, 3.8) is 0 Å². The van der Waals surface area contributed by atoms with Crippen molar-refractivity contribution in [3.05, 3.63) is 65.0 Å². The maximum absolute atomic E-state index is 13.6. The number of rotatable bonds is 3. The van der Waals surface area contributed by atoms with Gasteiger partial charge in [0.2, 0.25) is 0 Å². The number of halogens is 1. The summed E-state index contributed by atoms with van der Waals surface area (Å²) in [5, 5.41) is 8.72. The lowest BCUT2D eigenvalue weighted by Gasteiger charge is -2.25. The highest BCUT2D eigenvalue weighted by atomic mass is 19.1. The Kier molecular flexibility index (Phi) is 3.87. The fourth-order valence-electron chi connectivity index (χ4n) is 2.90. The number of fused-ring (bicyclic) bond motifs is 1. The highest BCUT2D eigenvalue weighted by Gasteiger charge is 2.20. The van der Waals surface area contributed by atoms with Crippen LogP contribution in [0.1, 0.15) is 35.4 Å². The predicted molar refractivity (Wildman–Crippen MR) is 78.7 cm³/mol. The quantitative estimate of drug-likeness (QED) is 0.845. The van der Waals surface area contributed by atoms with Gasteiger partial charge in [0.1, 0.15) is 17.6 Å². The third-order valence-electron chi connectivity index (χ3n) is 4.01. The highest BCUT2D eigenvalue weighted by Crippen LogP contribution is 2.32. The molecule has 3 heteroatoms. The number of hydrogen-bond acceptors (Lipinski definition) is 2. The second kappa shape index (κ2) is 5.97. The summed E-state index contributed by atoms with van der Waals surface area (Å²) in [6, 6.07) is 14.6. The molecule has 21 heavy (non-hydrogen) atoms. The predicted octanol–water partition coefficient (Wildman–Crippen LogP) is 4.20. The normalized spacial score (nSPS) is 16.9. The molecule has 0 amide bonds. The van der Waals surface area contributed by atoms with Crippen LogP contribution in [0.2, 0.25) is 0 Å². The summed E-state index contributed by atoms with van der Waals surface area (Å²) in [5.74, 6) is 0.308. The molecule has 1 aliphatic carbocycles. The smallest absolute Gasteiger partial charge is 0.144 e. The average molecular weight is 281 g/mol. The Morgan fingerprint density at radius 2 is 2.10 bits per heavy atom. The van der Waals surface area contributed by atoms with E-state index in [0.717, 1.165) is 19.3 Å². The standard InChI is InChI=1S/C18H16FNO/c19-18-10-16(9-8-14(18)11-20)21-12-15-6-3-5-13-4-1-2-7-17(13)15/h1-2,4,7-10,15H,3,5-6,12H2. The first kappa shape index (κ1) is 13.6. The maximum atomic E-state index is 13.6. The molecule has 106 valence electrons. The van der Waals surface area contributed by atoms with Crippen LogP contribution in [-0.4, -0.2) is 6.61 Å². The van der Waals surface area contributed by atoms with Crippen LogP contribution < -0.4 is 4.74 Å². The SMILES string of the molecule is N#Cc1ccc(OCC2CCCc3ccccc32)cc1F. The monoisotopic (exact) mass is 281 g/mol. The molecule has 0 radical (unpaired) electrons. The van der Waals surface area contributed by atoms with Gasteiger partial charge in [0.15, 0.2) is 0 Å². The lowest BCUT2D eigenvalue weighted by Crippen LogP contribution is -2.16. The Labute approximate surface area is 123 Å². The summed E-state index contributed by atoms with van der Waals surface area (Å²) in [6.07, 6.45) is 3.38. The van der Waals surface area contributed by atoms with Crippen LogP contribution in [0.5, 0.6) is 5.75 Å². The van der Waals surface area contributed by atoms with E-state index in [1.807, 2.05) is 6.07 Å². The molecule has 1 atom stereocenters. The van der Waals surface area contributed by atoms with Crippen LogP contribution in [0.25, 0.3) is 0 Å². The first-order valence-electron chi connectivity index (χ1n) is 7.18. The van der Waals surface area contributed by atoms with Crippen LogP contribution in [0.15, 0.2) is 42.5 Å². The number of nitriles is 1. The third-order valence-corrected chi connectivity index (χ3v) is 4.01. The van der Waals surface area contributed by atoms with E-state index in [-0.39, 0.29) is 5.56 Å². The maximum Gasteiger partial charge on any atom is 0.144 e. The van der Waals surface area contributed by atoms with Crippen molar-refractivity contribution in [2.24, 2.45) is 0 Å². The van der Waals surface area contributed by atoms with Gasteiger partial charge < -0.3 is 4.74 Å². The molecule has 1 unspecified atom stereocenters. The fraction of sp³-hybridized carbons (Fsp3) is 0.278. The first-order valence-corrected chi connectivity index (χ1v) is 7.18. The number of hydrogen-bond donors (Lipinski definition) is 0. The Balaban J connectivity index is 1.72. The topological polar surface area (TPSA) is 33.0 Å². The Hall–Kier alpha value is -2.34. The molecule has 0 aliphatic heterocycles. The minimum Gasteiger partial charge on any atom is -0.493 e. The number of nitrogens with zero attached hydrogens (tertiary/aromatic N) is 1. The summed E-state index contributed by atoms with van der Waals surface area (Å²) < 4.78 is 19.3. The highest BCUT2D eigenvalue weighted by molar-refractivity contribution is 5.37. The zero-order valence-electron chi connectivity index (χ0n) is 11.7. The summed E-state index contributed by atoms with van der Waals surface area (Å²) in [7, 11) is 0. The first-order chi connectivity index (χ1) is 10.3. The molecular formula is C18H16FNO. The molecule has 1 aliphatic rings. The van der Waals surface area contributed by atoms with Crippen LogP contribution in [-0.2, 0) is 6.42 Å². The summed E-state index contributed by atoms with van der Waals surface area (Å²) in [5.41, 5.74) is 2.78. The molecular weight excluding hydrogens is 265 g/mol. The van der Waals surface area contributed by atoms with Crippen molar-refractivity contribution >= 4 is 0 Å². The minimum absolute atomic E-state index is 0.0466. The van der Waals surface area contributed by atoms with Crippen molar-refractivity contribution in [2.45, 2.75) is 25.2 Å². The van der Waals surface area contributed by atoms with Crippen LogP contribution in [0.3, 0.4) is 0 Å². The van der Waals surface area contributed by atoms with Gasteiger partial charge in [-0.1, -0.05) is 24.3 Å². The summed E-state index contributed by atoms with van der Waals surface area (Å²) in [6.45, 7) is 0.544. The molecule has 0 N–H and O–H groups in total. The van der Waals surface area contributed by atoms with Gasteiger partial charge in [-0.2, -0.15) is 5.26 Å². The van der Waals surface area contributed by atoms with E-state index in [2.05, 4.69) is 24.3 Å². The van der Waals surface area contributed by atoms with E-state index in [9.17, 15) is 4.39 Å². The fourth-order valence-corrected chi connectivity index (χ4v) is 2.90. The lowest BCUT2D eigenvalue weighted by atomic mass is 9.83. The zero-order chi connectivity index (χ0) is 14.7. The molecule has 3 rings (SSSR count). The molecule has 0 spiro atoms. The van der Waals surface area contributed by atoms with Crippen LogP contribution in [0.4, 0.5) is 4.39 Å².